The largest absolute Gasteiger partial charge is 0.474 e. The molecule has 0 unspecified atom stereocenters. The zero-order chi connectivity index (χ0) is 20.4. The van der Waals surface area contributed by atoms with Crippen LogP contribution in [-0.4, -0.2) is 22.0 Å². The number of aliphatic carboxylic acids is 1. The number of hydrogen-bond acceptors (Lipinski definition) is 3. The average Bonchev–Trinajstić information content (AvgIpc) is 3.06. The molecule has 0 radical (unpaired) electrons. The zero-order valence-electron chi connectivity index (χ0n) is 16.3. The van der Waals surface area contributed by atoms with Gasteiger partial charge in [0.25, 0.3) is 0 Å². The SMILES string of the molecule is CC.CC.Cc1cc2cc(Oc3ccc(NC(=O)C(=O)O)cc3)ccc2[nH]1. The highest BCUT2D eigenvalue weighted by molar-refractivity contribution is 6.36. The molecule has 144 valence electrons. The third-order valence-electron chi connectivity index (χ3n) is 3.27. The summed E-state index contributed by atoms with van der Waals surface area (Å²) in [5.74, 6) is -1.32. The maximum Gasteiger partial charge on any atom is 0.394 e. The first-order chi connectivity index (χ1) is 13.0. The third-order valence-corrected chi connectivity index (χ3v) is 3.27. The van der Waals surface area contributed by atoms with Crippen LogP contribution in [0.2, 0.25) is 0 Å². The minimum absolute atomic E-state index is 0.390. The summed E-state index contributed by atoms with van der Waals surface area (Å²) in [6, 6.07) is 14.2. The van der Waals surface area contributed by atoms with Crippen LogP contribution < -0.4 is 10.1 Å². The van der Waals surface area contributed by atoms with Crippen molar-refractivity contribution >= 4 is 28.5 Å². The van der Waals surface area contributed by atoms with Crippen molar-refractivity contribution in [1.29, 1.82) is 0 Å². The van der Waals surface area contributed by atoms with Crippen molar-refractivity contribution in [2.45, 2.75) is 34.6 Å². The molecular weight excluding hydrogens is 344 g/mol. The molecule has 0 fully saturated rings. The van der Waals surface area contributed by atoms with E-state index >= 15 is 0 Å². The number of amides is 1. The fourth-order valence-electron chi connectivity index (χ4n) is 2.25. The number of hydrogen-bond donors (Lipinski definition) is 3. The molecule has 0 saturated heterocycles. The molecule has 0 aliphatic rings. The molecule has 1 amide bonds. The maximum absolute atomic E-state index is 11.1. The van der Waals surface area contributed by atoms with E-state index < -0.39 is 11.9 Å². The number of ether oxygens (including phenoxy) is 1. The number of rotatable bonds is 3. The zero-order valence-corrected chi connectivity index (χ0v) is 16.3. The van der Waals surface area contributed by atoms with Crippen LogP contribution in [0.1, 0.15) is 33.4 Å². The van der Waals surface area contributed by atoms with E-state index in [1.807, 2.05) is 58.9 Å². The normalized spacial score (nSPS) is 9.37. The van der Waals surface area contributed by atoms with Gasteiger partial charge in [0.05, 0.1) is 0 Å². The lowest BCUT2D eigenvalue weighted by molar-refractivity contribution is -0.147. The van der Waals surface area contributed by atoms with Crippen LogP contribution in [-0.2, 0) is 9.59 Å². The Labute approximate surface area is 159 Å². The topological polar surface area (TPSA) is 91.4 Å². The van der Waals surface area contributed by atoms with E-state index in [-0.39, 0.29) is 0 Å². The van der Waals surface area contributed by atoms with Gasteiger partial charge >= 0.3 is 11.9 Å². The van der Waals surface area contributed by atoms with Gasteiger partial charge in [0.2, 0.25) is 0 Å². The number of nitrogens with one attached hydrogen (secondary N) is 2. The van der Waals surface area contributed by atoms with E-state index in [9.17, 15) is 9.59 Å². The Kier molecular flexibility index (Phi) is 8.59. The molecule has 3 N–H and O–H groups in total. The van der Waals surface area contributed by atoms with Crippen LogP contribution in [0.4, 0.5) is 5.69 Å². The van der Waals surface area contributed by atoms with Gasteiger partial charge < -0.3 is 20.1 Å². The van der Waals surface area contributed by atoms with E-state index in [2.05, 4.69) is 10.3 Å². The first kappa shape index (κ1) is 21.8. The fourth-order valence-corrected chi connectivity index (χ4v) is 2.25. The van der Waals surface area contributed by atoms with E-state index in [1.165, 1.54) is 0 Å². The van der Waals surface area contributed by atoms with Crippen LogP contribution in [0.3, 0.4) is 0 Å². The van der Waals surface area contributed by atoms with Gasteiger partial charge in [0, 0.05) is 22.3 Å². The number of carbonyl (C=O) groups excluding carboxylic acids is 1. The van der Waals surface area contributed by atoms with Gasteiger partial charge in [0.15, 0.2) is 0 Å². The molecule has 2 aromatic carbocycles. The van der Waals surface area contributed by atoms with Gasteiger partial charge in [-0.25, -0.2) is 4.79 Å². The number of aryl methyl sites for hydroxylation is 1. The Morgan fingerprint density at radius 1 is 0.926 bits per heavy atom. The van der Waals surface area contributed by atoms with E-state index in [4.69, 9.17) is 9.84 Å². The highest BCUT2D eigenvalue weighted by atomic mass is 16.5. The quantitative estimate of drug-likeness (QED) is 0.542. The van der Waals surface area contributed by atoms with Crippen molar-refractivity contribution < 1.29 is 19.4 Å². The van der Waals surface area contributed by atoms with Crippen LogP contribution in [0.25, 0.3) is 10.9 Å². The van der Waals surface area contributed by atoms with Crippen molar-refractivity contribution in [1.82, 2.24) is 4.98 Å². The number of anilines is 1. The minimum atomic E-state index is -1.53. The second kappa shape index (κ2) is 10.7. The summed E-state index contributed by atoms with van der Waals surface area (Å²) in [7, 11) is 0. The number of carboxylic acid groups (broad SMARTS) is 1. The molecule has 1 heterocycles. The van der Waals surface area contributed by atoms with Crippen LogP contribution in [0.15, 0.2) is 48.5 Å². The first-order valence-corrected chi connectivity index (χ1v) is 8.93. The molecule has 0 atom stereocenters. The summed E-state index contributed by atoms with van der Waals surface area (Å²) < 4.78 is 5.76. The number of aromatic nitrogens is 1. The number of carbonyl (C=O) groups is 2. The van der Waals surface area contributed by atoms with Crippen molar-refractivity contribution in [3.63, 3.8) is 0 Å². The Morgan fingerprint density at radius 2 is 1.52 bits per heavy atom. The van der Waals surface area contributed by atoms with Gasteiger partial charge in [0.1, 0.15) is 11.5 Å². The summed E-state index contributed by atoms with van der Waals surface area (Å²) >= 11 is 0. The highest BCUT2D eigenvalue weighted by Crippen LogP contribution is 2.26. The van der Waals surface area contributed by atoms with Gasteiger partial charge in [-0.3, -0.25) is 4.79 Å². The van der Waals surface area contributed by atoms with Gasteiger partial charge in [-0.05, 0) is 55.5 Å². The first-order valence-electron chi connectivity index (χ1n) is 8.93. The standard InChI is InChI=1S/C17H14N2O4.2C2H6/c1-10-8-11-9-14(6-7-15(11)18-10)23-13-4-2-12(3-5-13)19-16(20)17(21)22;2*1-2/h2-9,18H,1H3,(H,19,20)(H,21,22);2*1-2H3. The predicted molar refractivity (Wildman–Crippen MR) is 109 cm³/mol. The number of carboxylic acids is 1. The maximum atomic E-state index is 11.1. The van der Waals surface area contributed by atoms with Crippen LogP contribution >= 0.6 is 0 Å². The lowest BCUT2D eigenvalue weighted by atomic mass is 10.2. The van der Waals surface area contributed by atoms with E-state index in [1.54, 1.807) is 24.3 Å². The molecule has 3 aromatic rings. The summed E-state index contributed by atoms with van der Waals surface area (Å²) in [6.45, 7) is 9.99. The molecule has 0 aliphatic carbocycles. The molecular formula is C21H26N2O4. The van der Waals surface area contributed by atoms with Gasteiger partial charge in [-0.2, -0.15) is 0 Å². The molecule has 6 nitrogen and oxygen atoms in total. The molecule has 6 heteroatoms. The summed E-state index contributed by atoms with van der Waals surface area (Å²) in [4.78, 5) is 24.8. The molecule has 1 aromatic heterocycles. The number of fused-ring (bicyclic) bond motifs is 1. The Hall–Kier alpha value is -3.28. The molecule has 0 spiro atoms. The molecule has 3 rings (SSSR count). The van der Waals surface area contributed by atoms with Crippen molar-refractivity contribution in [3.05, 3.63) is 54.2 Å². The minimum Gasteiger partial charge on any atom is -0.474 e. The monoisotopic (exact) mass is 370 g/mol. The average molecular weight is 370 g/mol. The smallest absolute Gasteiger partial charge is 0.394 e. The number of aromatic amines is 1. The highest BCUT2D eigenvalue weighted by Gasteiger charge is 2.10. The summed E-state index contributed by atoms with van der Waals surface area (Å²) in [6.07, 6.45) is 0. The number of benzene rings is 2. The van der Waals surface area contributed by atoms with Crippen molar-refractivity contribution in [3.8, 4) is 11.5 Å². The Balaban J connectivity index is 0.000000855. The van der Waals surface area contributed by atoms with Gasteiger partial charge in [-0.15, -0.1) is 0 Å². The molecule has 0 saturated carbocycles. The Morgan fingerprint density at radius 3 is 2.11 bits per heavy atom. The molecule has 0 bridgehead atoms. The second-order valence-corrected chi connectivity index (χ2v) is 5.09. The Bertz CT molecular complexity index is 883. The van der Waals surface area contributed by atoms with Gasteiger partial charge in [-0.1, -0.05) is 27.7 Å². The number of H-pyrrole nitrogens is 1. The van der Waals surface area contributed by atoms with Crippen LogP contribution in [0.5, 0.6) is 11.5 Å². The second-order valence-electron chi connectivity index (χ2n) is 5.09. The predicted octanol–water partition coefficient (Wildman–Crippen LogP) is 5.34. The fraction of sp³-hybridized carbons (Fsp3) is 0.238. The van der Waals surface area contributed by atoms with E-state index in [0.717, 1.165) is 16.6 Å². The van der Waals surface area contributed by atoms with Crippen molar-refractivity contribution in [2.24, 2.45) is 0 Å². The summed E-state index contributed by atoms with van der Waals surface area (Å²) in [5.41, 5.74) is 2.51. The lowest BCUT2D eigenvalue weighted by Gasteiger charge is -2.07. The summed E-state index contributed by atoms with van der Waals surface area (Å²) in [5, 5.41) is 11.9. The van der Waals surface area contributed by atoms with E-state index in [0.29, 0.717) is 17.2 Å². The lowest BCUT2D eigenvalue weighted by Crippen LogP contribution is -2.21. The molecule has 27 heavy (non-hydrogen) atoms. The van der Waals surface area contributed by atoms with Crippen molar-refractivity contribution in [2.75, 3.05) is 5.32 Å². The van der Waals surface area contributed by atoms with Crippen LogP contribution in [0, 0.1) is 6.92 Å². The third kappa shape index (κ3) is 6.18. The molecule has 0 aliphatic heterocycles.